The van der Waals surface area contributed by atoms with Crippen LogP contribution in [0.1, 0.15) is 91.4 Å². The highest BCUT2D eigenvalue weighted by molar-refractivity contribution is 5.26. The number of hydrogen-bond donors (Lipinski definition) is 1. The molecule has 28 heavy (non-hydrogen) atoms. The topological polar surface area (TPSA) is 29.5 Å². The first-order valence-corrected chi connectivity index (χ1v) is 11.6. The molecule has 0 amide bonds. The van der Waals surface area contributed by atoms with Gasteiger partial charge in [-0.25, -0.2) is 0 Å². The minimum Gasteiger partial charge on any atom is -0.390 e. The SMILES string of the molecule is COC1CCC/C(=C/C=C2\CCCC3(C)C(C/C=C/CC(C)(C)O)CCC23)C1. The predicted octanol–water partition coefficient (Wildman–Crippen LogP) is 6.75. The van der Waals surface area contributed by atoms with Crippen molar-refractivity contribution in [3.63, 3.8) is 0 Å². The summed E-state index contributed by atoms with van der Waals surface area (Å²) in [6.07, 6.45) is 23.4. The summed E-state index contributed by atoms with van der Waals surface area (Å²) in [4.78, 5) is 0. The molecule has 2 heteroatoms. The van der Waals surface area contributed by atoms with E-state index < -0.39 is 5.60 Å². The van der Waals surface area contributed by atoms with Gasteiger partial charge in [-0.1, -0.05) is 42.4 Å². The Morgan fingerprint density at radius 3 is 2.68 bits per heavy atom. The maximum Gasteiger partial charge on any atom is 0.0626 e. The van der Waals surface area contributed by atoms with E-state index in [-0.39, 0.29) is 0 Å². The molecule has 0 saturated heterocycles. The van der Waals surface area contributed by atoms with Gasteiger partial charge in [0.2, 0.25) is 0 Å². The highest BCUT2D eigenvalue weighted by Crippen LogP contribution is 2.58. The molecule has 3 rings (SSSR count). The summed E-state index contributed by atoms with van der Waals surface area (Å²) in [6, 6.07) is 0. The van der Waals surface area contributed by atoms with Crippen LogP contribution < -0.4 is 0 Å². The molecule has 0 aromatic rings. The molecular weight excluding hydrogens is 344 g/mol. The Morgan fingerprint density at radius 1 is 1.11 bits per heavy atom. The number of aliphatic hydroxyl groups is 1. The molecule has 158 valence electrons. The van der Waals surface area contributed by atoms with Gasteiger partial charge in [0.25, 0.3) is 0 Å². The maximum absolute atomic E-state index is 9.91. The van der Waals surface area contributed by atoms with Gasteiger partial charge in [-0.05, 0) is 102 Å². The second-order valence-corrected chi connectivity index (χ2v) is 10.4. The molecular formula is C26H42O2. The largest absolute Gasteiger partial charge is 0.390 e. The van der Waals surface area contributed by atoms with E-state index >= 15 is 0 Å². The van der Waals surface area contributed by atoms with Crippen LogP contribution in [0.15, 0.2) is 35.5 Å². The third-order valence-electron chi connectivity index (χ3n) is 7.75. The Kier molecular flexibility index (Phi) is 7.26. The minimum atomic E-state index is -0.589. The molecule has 3 aliphatic carbocycles. The monoisotopic (exact) mass is 386 g/mol. The number of hydrogen-bond acceptors (Lipinski definition) is 2. The van der Waals surface area contributed by atoms with E-state index in [9.17, 15) is 5.11 Å². The lowest BCUT2D eigenvalue weighted by Crippen LogP contribution is -2.33. The van der Waals surface area contributed by atoms with E-state index in [1.54, 1.807) is 11.1 Å². The third-order valence-corrected chi connectivity index (χ3v) is 7.75. The van der Waals surface area contributed by atoms with Crippen LogP contribution in [0.4, 0.5) is 0 Å². The van der Waals surface area contributed by atoms with Crippen LogP contribution in [0.5, 0.6) is 0 Å². The summed E-state index contributed by atoms with van der Waals surface area (Å²) < 4.78 is 5.60. The molecule has 3 aliphatic rings. The van der Waals surface area contributed by atoms with E-state index in [0.29, 0.717) is 11.5 Å². The van der Waals surface area contributed by atoms with Crippen LogP contribution in [0, 0.1) is 17.3 Å². The smallest absolute Gasteiger partial charge is 0.0626 e. The average Bonchev–Trinajstić information content (AvgIpc) is 2.99. The molecule has 4 unspecified atom stereocenters. The zero-order chi connectivity index (χ0) is 20.2. The van der Waals surface area contributed by atoms with Gasteiger partial charge in [0.05, 0.1) is 11.7 Å². The first-order chi connectivity index (χ1) is 13.3. The van der Waals surface area contributed by atoms with Gasteiger partial charge in [0, 0.05) is 7.11 Å². The van der Waals surface area contributed by atoms with Crippen molar-refractivity contribution in [3.8, 4) is 0 Å². The molecule has 0 spiro atoms. The summed E-state index contributed by atoms with van der Waals surface area (Å²) in [5, 5.41) is 9.91. The van der Waals surface area contributed by atoms with Crippen molar-refractivity contribution in [2.75, 3.05) is 7.11 Å². The zero-order valence-electron chi connectivity index (χ0n) is 18.7. The highest BCUT2D eigenvalue weighted by Gasteiger charge is 2.48. The van der Waals surface area contributed by atoms with Crippen molar-refractivity contribution in [2.24, 2.45) is 17.3 Å². The van der Waals surface area contributed by atoms with E-state index in [4.69, 9.17) is 4.74 Å². The van der Waals surface area contributed by atoms with Gasteiger partial charge >= 0.3 is 0 Å². The fourth-order valence-electron chi connectivity index (χ4n) is 6.00. The standard InChI is InChI=1S/C26H42O2/c1-25(2,27)17-6-5-11-22-15-16-24-21(10-8-18-26(22,24)3)14-13-20-9-7-12-23(19-20)28-4/h5-6,13-14,22-24,27H,7-12,15-19H2,1-4H3/b6-5+,20-13-,21-14+. The Labute approximate surface area is 173 Å². The molecule has 3 saturated carbocycles. The lowest BCUT2D eigenvalue weighted by Gasteiger charge is -2.42. The molecule has 2 nitrogen and oxygen atoms in total. The third kappa shape index (κ3) is 5.39. The number of methoxy groups -OCH3 is 1. The summed E-state index contributed by atoms with van der Waals surface area (Å²) >= 11 is 0. The average molecular weight is 387 g/mol. The molecule has 0 aromatic heterocycles. The van der Waals surface area contributed by atoms with Gasteiger partial charge in [-0.3, -0.25) is 0 Å². The zero-order valence-corrected chi connectivity index (χ0v) is 18.7. The minimum absolute atomic E-state index is 0.432. The first-order valence-electron chi connectivity index (χ1n) is 11.6. The van der Waals surface area contributed by atoms with Crippen LogP contribution in [-0.2, 0) is 4.74 Å². The Bertz CT molecular complexity index is 606. The number of fused-ring (bicyclic) bond motifs is 1. The fourth-order valence-corrected chi connectivity index (χ4v) is 6.00. The van der Waals surface area contributed by atoms with Gasteiger partial charge < -0.3 is 9.84 Å². The van der Waals surface area contributed by atoms with Crippen molar-refractivity contribution in [1.29, 1.82) is 0 Å². The molecule has 4 atom stereocenters. The number of ether oxygens (including phenoxy) is 1. The molecule has 0 bridgehead atoms. The molecule has 0 heterocycles. The Hall–Kier alpha value is -0.860. The molecule has 0 aromatic carbocycles. The quantitative estimate of drug-likeness (QED) is 0.511. The normalized spacial score (nSPS) is 37.1. The van der Waals surface area contributed by atoms with Gasteiger partial charge in [-0.15, -0.1) is 0 Å². The van der Waals surface area contributed by atoms with Crippen LogP contribution in [0.2, 0.25) is 0 Å². The Morgan fingerprint density at radius 2 is 1.93 bits per heavy atom. The number of rotatable bonds is 6. The van der Waals surface area contributed by atoms with Crippen LogP contribution >= 0.6 is 0 Å². The maximum atomic E-state index is 9.91. The van der Waals surface area contributed by atoms with Crippen molar-refractivity contribution < 1.29 is 9.84 Å². The van der Waals surface area contributed by atoms with Crippen LogP contribution in [0.3, 0.4) is 0 Å². The predicted molar refractivity (Wildman–Crippen MR) is 118 cm³/mol. The molecule has 0 aliphatic heterocycles. The fraction of sp³-hybridized carbons (Fsp3) is 0.769. The first kappa shape index (κ1) is 21.8. The summed E-state index contributed by atoms with van der Waals surface area (Å²) in [5.74, 6) is 1.56. The Balaban J connectivity index is 1.64. The number of allylic oxidation sites excluding steroid dienone is 4. The summed E-state index contributed by atoms with van der Waals surface area (Å²) in [6.45, 7) is 6.33. The van der Waals surface area contributed by atoms with Gasteiger partial charge in [0.1, 0.15) is 0 Å². The van der Waals surface area contributed by atoms with E-state index in [0.717, 1.165) is 24.7 Å². The summed E-state index contributed by atoms with van der Waals surface area (Å²) in [5.41, 5.74) is 3.17. The van der Waals surface area contributed by atoms with Crippen molar-refractivity contribution in [1.82, 2.24) is 0 Å². The van der Waals surface area contributed by atoms with Crippen LogP contribution in [0.25, 0.3) is 0 Å². The lowest BCUT2D eigenvalue weighted by atomic mass is 9.63. The van der Waals surface area contributed by atoms with E-state index in [2.05, 4.69) is 31.2 Å². The lowest BCUT2D eigenvalue weighted by molar-refractivity contribution is 0.0836. The van der Waals surface area contributed by atoms with E-state index in [1.807, 2.05) is 21.0 Å². The van der Waals surface area contributed by atoms with Crippen LogP contribution in [-0.4, -0.2) is 23.9 Å². The molecule has 1 N–H and O–H groups in total. The van der Waals surface area contributed by atoms with Crippen molar-refractivity contribution in [3.05, 3.63) is 35.5 Å². The second kappa shape index (κ2) is 9.30. The van der Waals surface area contributed by atoms with E-state index in [1.165, 1.54) is 57.8 Å². The van der Waals surface area contributed by atoms with Crippen molar-refractivity contribution >= 4 is 0 Å². The van der Waals surface area contributed by atoms with Gasteiger partial charge in [0.15, 0.2) is 0 Å². The molecule has 0 radical (unpaired) electrons. The highest BCUT2D eigenvalue weighted by atomic mass is 16.5. The molecule has 3 fully saturated rings. The second-order valence-electron chi connectivity index (χ2n) is 10.4. The van der Waals surface area contributed by atoms with Crippen molar-refractivity contribution in [2.45, 2.75) is 103 Å². The summed E-state index contributed by atoms with van der Waals surface area (Å²) in [7, 11) is 1.85. The van der Waals surface area contributed by atoms with Gasteiger partial charge in [-0.2, -0.15) is 0 Å².